The van der Waals surface area contributed by atoms with Crippen LogP contribution in [0.2, 0.25) is 0 Å². The molecule has 3 rings (SSSR count). The summed E-state index contributed by atoms with van der Waals surface area (Å²) in [5.41, 5.74) is 0.984. The first-order chi connectivity index (χ1) is 4.42. The van der Waals surface area contributed by atoms with Gasteiger partial charge < -0.3 is 0 Å². The Labute approximate surface area is 56.6 Å². The highest BCUT2D eigenvalue weighted by Gasteiger charge is 2.64. The third-order valence-electron chi connectivity index (χ3n) is 4.16. The van der Waals surface area contributed by atoms with Crippen molar-refractivity contribution in [2.24, 2.45) is 17.3 Å². The molecule has 0 nitrogen and oxygen atoms in total. The molecule has 1 spiro atoms. The SMILES string of the molecule is C1CC2CC23CC[C@H]3C1. The zero-order chi connectivity index (χ0) is 5.90. The maximum atomic E-state index is 1.62. The molecular formula is C9H14. The summed E-state index contributed by atoms with van der Waals surface area (Å²) in [4.78, 5) is 0. The minimum Gasteiger partial charge on any atom is -0.0527 e. The van der Waals surface area contributed by atoms with E-state index in [1.807, 2.05) is 0 Å². The van der Waals surface area contributed by atoms with Gasteiger partial charge in [0.25, 0.3) is 0 Å². The summed E-state index contributed by atoms with van der Waals surface area (Å²) in [5, 5.41) is 0. The molecule has 9 heavy (non-hydrogen) atoms. The summed E-state index contributed by atoms with van der Waals surface area (Å²) < 4.78 is 0. The van der Waals surface area contributed by atoms with E-state index in [1.54, 1.807) is 38.5 Å². The molecule has 3 fully saturated rings. The zero-order valence-corrected chi connectivity index (χ0v) is 5.90. The maximum Gasteiger partial charge on any atom is -0.0238 e. The van der Waals surface area contributed by atoms with Gasteiger partial charge in [-0.25, -0.2) is 0 Å². The van der Waals surface area contributed by atoms with Gasteiger partial charge in [0.1, 0.15) is 0 Å². The van der Waals surface area contributed by atoms with Gasteiger partial charge in [-0.05, 0) is 49.4 Å². The van der Waals surface area contributed by atoms with E-state index in [0.717, 1.165) is 5.41 Å². The van der Waals surface area contributed by atoms with Crippen LogP contribution in [0.4, 0.5) is 0 Å². The van der Waals surface area contributed by atoms with E-state index < -0.39 is 0 Å². The van der Waals surface area contributed by atoms with E-state index in [0.29, 0.717) is 0 Å². The lowest BCUT2D eigenvalue weighted by molar-refractivity contribution is 0.0882. The van der Waals surface area contributed by atoms with Gasteiger partial charge in [0, 0.05) is 0 Å². The third kappa shape index (κ3) is 0.395. The van der Waals surface area contributed by atoms with Gasteiger partial charge in [0.05, 0.1) is 0 Å². The van der Waals surface area contributed by atoms with Crippen molar-refractivity contribution >= 4 is 0 Å². The molecule has 0 heterocycles. The van der Waals surface area contributed by atoms with Crippen molar-refractivity contribution in [3.8, 4) is 0 Å². The van der Waals surface area contributed by atoms with Gasteiger partial charge in [0.2, 0.25) is 0 Å². The molecule has 0 aromatic rings. The molecule has 0 radical (unpaired) electrons. The molecule has 0 N–H and O–H groups in total. The van der Waals surface area contributed by atoms with Crippen LogP contribution in [0, 0.1) is 17.3 Å². The van der Waals surface area contributed by atoms with Gasteiger partial charge in [-0.3, -0.25) is 0 Å². The summed E-state index contributed by atoms with van der Waals surface area (Å²) >= 11 is 0. The second-order valence-corrected chi connectivity index (χ2v) is 4.30. The lowest BCUT2D eigenvalue weighted by Gasteiger charge is -2.41. The molecule has 50 valence electrons. The second kappa shape index (κ2) is 1.21. The van der Waals surface area contributed by atoms with Crippen LogP contribution in [-0.4, -0.2) is 0 Å². The Morgan fingerprint density at radius 1 is 1.00 bits per heavy atom. The van der Waals surface area contributed by atoms with E-state index in [-0.39, 0.29) is 0 Å². The fourth-order valence-electron chi connectivity index (χ4n) is 3.36. The van der Waals surface area contributed by atoms with Crippen molar-refractivity contribution in [2.75, 3.05) is 0 Å². The van der Waals surface area contributed by atoms with Crippen LogP contribution in [0.5, 0.6) is 0 Å². The van der Waals surface area contributed by atoms with Crippen molar-refractivity contribution in [1.82, 2.24) is 0 Å². The minimum atomic E-state index is 0.984. The van der Waals surface area contributed by atoms with Gasteiger partial charge in [-0.2, -0.15) is 0 Å². The molecule has 0 aromatic carbocycles. The first-order valence-electron chi connectivity index (χ1n) is 4.42. The lowest BCUT2D eigenvalue weighted by atomic mass is 9.64. The average Bonchev–Trinajstić information content (AvgIpc) is 2.52. The van der Waals surface area contributed by atoms with E-state index in [1.165, 1.54) is 11.8 Å². The van der Waals surface area contributed by atoms with Crippen LogP contribution in [-0.2, 0) is 0 Å². The lowest BCUT2D eigenvalue weighted by Crippen LogP contribution is -2.31. The summed E-state index contributed by atoms with van der Waals surface area (Å²) in [6, 6.07) is 0. The standard InChI is InChI=1S/C9H14/c1-2-7-4-5-9(7)6-8(9)3-1/h7-8H,1-6H2/t7-,8?,9?/m1/s1. The molecule has 0 amide bonds. The molecule has 2 unspecified atom stereocenters. The third-order valence-corrected chi connectivity index (χ3v) is 4.16. The van der Waals surface area contributed by atoms with Crippen LogP contribution in [0.15, 0.2) is 0 Å². The van der Waals surface area contributed by atoms with Gasteiger partial charge in [0.15, 0.2) is 0 Å². The Bertz CT molecular complexity index is 150. The van der Waals surface area contributed by atoms with Gasteiger partial charge >= 0.3 is 0 Å². The highest BCUT2D eigenvalue weighted by atomic mass is 14.7. The predicted octanol–water partition coefficient (Wildman–Crippen LogP) is 2.59. The Kier molecular flexibility index (Phi) is 0.640. The Morgan fingerprint density at radius 2 is 1.89 bits per heavy atom. The highest BCUT2D eigenvalue weighted by molar-refractivity contribution is 5.13. The normalized spacial score (nSPS) is 61.3. The monoisotopic (exact) mass is 122 g/mol. The Balaban J connectivity index is 1.90. The summed E-state index contributed by atoms with van der Waals surface area (Å²) in [5.74, 6) is 2.42. The quantitative estimate of drug-likeness (QED) is 0.463. The summed E-state index contributed by atoms with van der Waals surface area (Å²) in [7, 11) is 0. The number of hydrogen-bond donors (Lipinski definition) is 0. The highest BCUT2D eigenvalue weighted by Crippen LogP contribution is 2.73. The molecular weight excluding hydrogens is 108 g/mol. The van der Waals surface area contributed by atoms with Gasteiger partial charge in [-0.1, -0.05) is 6.42 Å². The van der Waals surface area contributed by atoms with E-state index in [4.69, 9.17) is 0 Å². The smallest absolute Gasteiger partial charge is 0.0238 e. The van der Waals surface area contributed by atoms with Crippen molar-refractivity contribution in [1.29, 1.82) is 0 Å². The topological polar surface area (TPSA) is 0 Å². The molecule has 0 bridgehead atoms. The van der Waals surface area contributed by atoms with Crippen molar-refractivity contribution in [2.45, 2.75) is 38.5 Å². The van der Waals surface area contributed by atoms with Crippen LogP contribution < -0.4 is 0 Å². The van der Waals surface area contributed by atoms with E-state index >= 15 is 0 Å². The fourth-order valence-corrected chi connectivity index (χ4v) is 3.36. The van der Waals surface area contributed by atoms with Crippen molar-refractivity contribution in [3.63, 3.8) is 0 Å². The second-order valence-electron chi connectivity index (χ2n) is 4.30. The van der Waals surface area contributed by atoms with Crippen molar-refractivity contribution in [3.05, 3.63) is 0 Å². The summed E-state index contributed by atoms with van der Waals surface area (Å²) in [6.07, 6.45) is 9.51. The maximum absolute atomic E-state index is 1.62. The molecule has 0 aromatic heterocycles. The van der Waals surface area contributed by atoms with Crippen LogP contribution in [0.1, 0.15) is 38.5 Å². The molecule has 0 saturated heterocycles. The zero-order valence-electron chi connectivity index (χ0n) is 5.90. The van der Waals surface area contributed by atoms with Crippen LogP contribution in [0.25, 0.3) is 0 Å². The van der Waals surface area contributed by atoms with E-state index in [9.17, 15) is 0 Å². The number of rotatable bonds is 0. The van der Waals surface area contributed by atoms with Gasteiger partial charge in [-0.15, -0.1) is 0 Å². The molecule has 3 saturated carbocycles. The predicted molar refractivity (Wildman–Crippen MR) is 37.1 cm³/mol. The molecule has 3 aliphatic rings. The fraction of sp³-hybridized carbons (Fsp3) is 1.00. The first-order valence-corrected chi connectivity index (χ1v) is 4.42. The Hall–Kier alpha value is 0. The Morgan fingerprint density at radius 3 is 2.44 bits per heavy atom. The van der Waals surface area contributed by atoms with Crippen molar-refractivity contribution < 1.29 is 0 Å². The molecule has 0 aliphatic heterocycles. The molecule has 0 heteroatoms. The molecule has 3 aliphatic carbocycles. The summed E-state index contributed by atoms with van der Waals surface area (Å²) in [6.45, 7) is 0. The minimum absolute atomic E-state index is 0.984. The van der Waals surface area contributed by atoms with Crippen LogP contribution >= 0.6 is 0 Å². The number of hydrogen-bond acceptors (Lipinski definition) is 0. The first kappa shape index (κ1) is 4.76. The molecule has 3 atom stereocenters. The largest absolute Gasteiger partial charge is 0.0527 e. The van der Waals surface area contributed by atoms with Crippen LogP contribution in [0.3, 0.4) is 0 Å². The van der Waals surface area contributed by atoms with E-state index in [2.05, 4.69) is 0 Å². The average molecular weight is 122 g/mol.